The number of hydrogen-bond donors (Lipinski definition) is 8. The third kappa shape index (κ3) is 16.4. The summed E-state index contributed by atoms with van der Waals surface area (Å²) in [7, 11) is 9.24. The molecule has 0 unspecified atom stereocenters. The van der Waals surface area contributed by atoms with E-state index in [-0.39, 0.29) is 50.3 Å². The lowest BCUT2D eigenvalue weighted by Crippen LogP contribution is -2.60. The van der Waals surface area contributed by atoms with Gasteiger partial charge >= 0.3 is 0 Å². The van der Waals surface area contributed by atoms with Gasteiger partial charge in [0.15, 0.2) is 0 Å². The second kappa shape index (κ2) is 27.2. The molecule has 72 heavy (non-hydrogen) atoms. The third-order valence-corrected chi connectivity index (χ3v) is 13.5. The predicted molar refractivity (Wildman–Crippen MR) is 270 cm³/mol. The highest BCUT2D eigenvalue weighted by atomic mass is 16.5. The molecule has 22 nitrogen and oxygen atoms in total. The molecule has 8 N–H and O–H groups in total. The lowest BCUT2D eigenvalue weighted by atomic mass is 9.85. The van der Waals surface area contributed by atoms with Gasteiger partial charge in [-0.3, -0.25) is 38.4 Å². The molecule has 0 aliphatic carbocycles. The first-order chi connectivity index (χ1) is 33.7. The Bertz CT molecular complexity index is 1910. The van der Waals surface area contributed by atoms with E-state index in [9.17, 15) is 38.4 Å². The van der Waals surface area contributed by atoms with Crippen molar-refractivity contribution >= 4 is 47.3 Å². The summed E-state index contributed by atoms with van der Waals surface area (Å²) in [6.07, 6.45) is -0.843. The van der Waals surface area contributed by atoms with E-state index >= 15 is 0 Å². The summed E-state index contributed by atoms with van der Waals surface area (Å²) < 4.78 is 21.6. The van der Waals surface area contributed by atoms with E-state index in [0.29, 0.717) is 0 Å². The predicted octanol–water partition coefficient (Wildman–Crippen LogP) is -0.305. The van der Waals surface area contributed by atoms with E-state index in [1.807, 2.05) is 0 Å². The highest BCUT2D eigenvalue weighted by molar-refractivity contribution is 6.01. The summed E-state index contributed by atoms with van der Waals surface area (Å²) >= 11 is 0. The van der Waals surface area contributed by atoms with Crippen molar-refractivity contribution in [1.29, 1.82) is 0 Å². The molecule has 1 aromatic rings. The molecule has 0 spiro atoms. The topological polar surface area (TPSA) is 276 Å². The van der Waals surface area contributed by atoms with E-state index < -0.39 is 131 Å². The molecule has 22 heteroatoms. The normalized spacial score (nSPS) is 21.5. The molecule has 2 aliphatic rings. The van der Waals surface area contributed by atoms with Crippen molar-refractivity contribution in [3.8, 4) is 0 Å². The van der Waals surface area contributed by atoms with Crippen LogP contribution in [0.3, 0.4) is 0 Å². The number of benzene rings is 1. The highest BCUT2D eigenvalue weighted by Gasteiger charge is 2.48. The second-order valence-corrected chi connectivity index (χ2v) is 21.1. The number of nitrogens with one attached hydrogen (secondary N) is 8. The van der Waals surface area contributed by atoms with Crippen LogP contribution in [-0.2, 0) is 47.7 Å². The van der Waals surface area contributed by atoms with E-state index in [1.165, 1.54) is 62.5 Å². The Morgan fingerprint density at radius 2 is 0.931 bits per heavy atom. The lowest BCUT2D eigenvalue weighted by molar-refractivity contribution is -0.144. The minimum atomic E-state index is -1.06. The molecule has 3 rings (SSSR count). The number of ether oxygens (including phenoxy) is 4. The van der Waals surface area contributed by atoms with E-state index in [2.05, 4.69) is 42.5 Å². The summed E-state index contributed by atoms with van der Waals surface area (Å²) in [5.41, 5.74) is -1.33. The van der Waals surface area contributed by atoms with Crippen molar-refractivity contribution in [2.75, 3.05) is 68.8 Å². The Morgan fingerprint density at radius 1 is 0.583 bits per heavy atom. The van der Waals surface area contributed by atoms with E-state index in [1.54, 1.807) is 83.3 Å². The molecule has 0 saturated carbocycles. The molecule has 12 atom stereocenters. The monoisotopic (exact) mass is 1020 g/mol. The molecule has 1 aromatic carbocycles. The lowest BCUT2D eigenvalue weighted by Gasteiger charge is -2.36. The maximum absolute atomic E-state index is 14.5. The molecule has 2 heterocycles. The fraction of sp³-hybridized carbons (Fsp3) is 0.720. The van der Waals surface area contributed by atoms with Crippen LogP contribution in [0.4, 0.5) is 0 Å². The van der Waals surface area contributed by atoms with Crippen LogP contribution in [0.1, 0.15) is 103 Å². The van der Waals surface area contributed by atoms with Crippen LogP contribution in [-0.4, -0.2) is 199 Å². The molecule has 8 amide bonds. The van der Waals surface area contributed by atoms with Crippen molar-refractivity contribution in [2.24, 2.45) is 10.8 Å². The second-order valence-electron chi connectivity index (χ2n) is 21.1. The van der Waals surface area contributed by atoms with Crippen LogP contribution in [0.25, 0.3) is 0 Å². The molecule has 0 bridgehead atoms. The average Bonchev–Trinajstić information content (AvgIpc) is 3.97. The van der Waals surface area contributed by atoms with Crippen LogP contribution in [0.15, 0.2) is 24.3 Å². The Hall–Kier alpha value is -5.26. The Balaban J connectivity index is 1.93. The van der Waals surface area contributed by atoms with Gasteiger partial charge < -0.3 is 71.3 Å². The van der Waals surface area contributed by atoms with Gasteiger partial charge in [-0.15, -0.1) is 0 Å². The minimum absolute atomic E-state index is 0.0266. The smallest absolute Gasteiger partial charge is 0.251 e. The van der Waals surface area contributed by atoms with E-state index in [4.69, 9.17) is 18.9 Å². The maximum Gasteiger partial charge on any atom is 0.251 e. The molecule has 2 aliphatic heterocycles. The maximum atomic E-state index is 14.5. The Kier molecular flexibility index (Phi) is 23.0. The molecule has 0 radical (unpaired) electrons. The van der Waals surface area contributed by atoms with Gasteiger partial charge in [-0.25, -0.2) is 0 Å². The van der Waals surface area contributed by atoms with Gasteiger partial charge in [0.2, 0.25) is 35.4 Å². The van der Waals surface area contributed by atoms with Crippen molar-refractivity contribution in [2.45, 2.75) is 155 Å². The Labute approximate surface area is 425 Å². The number of nitrogens with zero attached hydrogens (tertiary/aromatic N) is 2. The van der Waals surface area contributed by atoms with Crippen molar-refractivity contribution in [3.63, 3.8) is 0 Å². The number of rotatable bonds is 24. The van der Waals surface area contributed by atoms with Crippen LogP contribution >= 0.6 is 0 Å². The van der Waals surface area contributed by atoms with Crippen LogP contribution in [0.5, 0.6) is 0 Å². The Morgan fingerprint density at radius 3 is 1.22 bits per heavy atom. The molecular weight excluding hydrogens is 933 g/mol. The van der Waals surface area contributed by atoms with Gasteiger partial charge in [0, 0.05) is 64.7 Å². The van der Waals surface area contributed by atoms with Crippen molar-refractivity contribution in [3.05, 3.63) is 35.4 Å². The molecule has 0 aromatic heterocycles. The molecular formula is C50H84N10O12. The number of carbonyl (C=O) groups excluding carboxylic acids is 8. The molecule has 2 saturated heterocycles. The molecule has 406 valence electrons. The molecule has 2 fully saturated rings. The largest absolute Gasteiger partial charge is 0.382 e. The number of likely N-dealkylation sites (tertiary alicyclic amines) is 2. The fourth-order valence-electron chi connectivity index (χ4n) is 8.46. The third-order valence-electron chi connectivity index (χ3n) is 13.5. The SMILES string of the molecule is CN[C@@H](C)C(=O)N[C@H](C(=O)N1C[C@@H](NC(=O)c2cccc(C(=O)N[C@H]3C[C@@H](C(=O)N[C@H](COC)[C@@H](C)OC)N(C(=O)[C@@H](NC(=O)[C@H](C)NC)C(C)(C)C)C3)c2)C[C@H]1C(=O)N[C@H](COC)[C@@H](C)OC)C(C)(C)C. The number of hydrogen-bond acceptors (Lipinski definition) is 14. The quantitative estimate of drug-likeness (QED) is 0.0661. The van der Waals surface area contributed by atoms with Gasteiger partial charge in [0.25, 0.3) is 11.8 Å². The van der Waals surface area contributed by atoms with Gasteiger partial charge in [0.05, 0.1) is 49.6 Å². The zero-order chi connectivity index (χ0) is 54.4. The standard InChI is InChI=1S/C50H84N10O12/c1-27(51-11)41(61)57-39(49(5,6)7)47(67)59-23-33(21-37(59)45(65)55-35(25-69-13)29(3)71-15)53-43(63)31-18-17-19-32(20-31)44(64)54-34-22-38(46(66)56-36(26-70-14)30(4)72-16)60(24-34)48(68)40(50(8,9)10)58-42(62)28(2)52-12/h17-20,27-30,33-40,51-52H,21-26H2,1-16H3,(H,53,63)(H,54,64)(H,55,65)(H,56,66)(H,57,61)(H,58,62)/t27-,28-,29+,30+,33-,34-,35+,36+,37-,38-,39+,40+/m0/s1. The first-order valence-electron chi connectivity index (χ1n) is 24.6. The zero-order valence-electron chi connectivity index (χ0n) is 45.3. The minimum Gasteiger partial charge on any atom is -0.382 e. The number of carbonyl (C=O) groups is 8. The summed E-state index contributed by atoms with van der Waals surface area (Å²) in [5, 5.41) is 23.3. The first-order valence-corrected chi connectivity index (χ1v) is 24.6. The first kappa shape index (κ1) is 61.0. The van der Waals surface area contributed by atoms with Crippen LogP contribution < -0.4 is 42.5 Å². The summed E-state index contributed by atoms with van der Waals surface area (Å²) in [4.78, 5) is 114. The van der Waals surface area contributed by atoms with Gasteiger partial charge in [-0.1, -0.05) is 47.6 Å². The van der Waals surface area contributed by atoms with E-state index in [0.717, 1.165) is 0 Å². The summed E-state index contributed by atoms with van der Waals surface area (Å²) in [5.74, 6) is -3.99. The highest BCUT2D eigenvalue weighted by Crippen LogP contribution is 2.29. The fourth-order valence-corrected chi connectivity index (χ4v) is 8.46. The van der Waals surface area contributed by atoms with Crippen molar-refractivity contribution < 1.29 is 57.3 Å². The van der Waals surface area contributed by atoms with Crippen LogP contribution in [0.2, 0.25) is 0 Å². The van der Waals surface area contributed by atoms with Gasteiger partial charge in [-0.05, 0) is 83.7 Å². The summed E-state index contributed by atoms with van der Waals surface area (Å²) in [6.45, 7) is 17.8. The zero-order valence-corrected chi connectivity index (χ0v) is 45.3. The summed E-state index contributed by atoms with van der Waals surface area (Å²) in [6, 6.07) is -2.04. The number of likely N-dealkylation sites (N-methyl/N-ethyl adjacent to an activating group) is 2. The number of methoxy groups -OCH3 is 4. The van der Waals surface area contributed by atoms with Crippen LogP contribution in [0, 0.1) is 10.8 Å². The number of amides is 8. The van der Waals surface area contributed by atoms with Gasteiger partial charge in [-0.2, -0.15) is 0 Å². The van der Waals surface area contributed by atoms with Gasteiger partial charge in [0.1, 0.15) is 24.2 Å². The van der Waals surface area contributed by atoms with Crippen molar-refractivity contribution in [1.82, 2.24) is 52.3 Å². The average molecular weight is 1020 g/mol.